The Hall–Kier alpha value is -2.01. The summed E-state index contributed by atoms with van der Waals surface area (Å²) in [5.41, 5.74) is 5.55. The second-order valence-electron chi connectivity index (χ2n) is 7.11. The monoisotopic (exact) mass is 459 g/mol. The molecule has 10 N–H and O–H groups in total. The van der Waals surface area contributed by atoms with Crippen LogP contribution in [0.3, 0.4) is 0 Å². The number of amides is 2. The summed E-state index contributed by atoms with van der Waals surface area (Å²) in [6.07, 6.45) is -9.03. The van der Waals surface area contributed by atoms with E-state index >= 15 is 0 Å². The van der Waals surface area contributed by atoms with Crippen LogP contribution in [-0.2, 0) is 19.1 Å². The number of halogens is 2. The van der Waals surface area contributed by atoms with Crippen LogP contribution in [0.4, 0.5) is 8.78 Å². The highest BCUT2D eigenvalue weighted by atomic mass is 19.3. The lowest BCUT2D eigenvalue weighted by molar-refractivity contribution is -0.325. The van der Waals surface area contributed by atoms with E-state index in [4.69, 9.17) is 15.9 Å². The highest BCUT2D eigenvalue weighted by Gasteiger charge is 2.71. The molecular weight excluding hydrogens is 432 g/mol. The molecule has 13 nitrogen and oxygen atoms in total. The van der Waals surface area contributed by atoms with Crippen LogP contribution in [0, 0.1) is 0 Å². The van der Waals surface area contributed by atoms with E-state index in [1.165, 1.54) is 6.92 Å². The molecule has 1 heterocycles. The minimum absolute atomic E-state index is 0.0891. The summed E-state index contributed by atoms with van der Waals surface area (Å²) in [5, 5.41) is 60.4. The largest absolute Gasteiger partial charge is 0.480 e. The number of carboxylic acids is 1. The van der Waals surface area contributed by atoms with Gasteiger partial charge in [0, 0.05) is 6.54 Å². The molecule has 0 spiro atoms. The van der Waals surface area contributed by atoms with Gasteiger partial charge >= 0.3 is 11.9 Å². The van der Waals surface area contributed by atoms with Crippen molar-refractivity contribution >= 4 is 17.8 Å². The molecule has 1 aliphatic rings. The summed E-state index contributed by atoms with van der Waals surface area (Å²) in [6.45, 7) is -0.275. The normalized spacial score (nSPS) is 29.1. The molecule has 1 aliphatic heterocycles. The van der Waals surface area contributed by atoms with Gasteiger partial charge < -0.3 is 51.7 Å². The summed E-state index contributed by atoms with van der Waals surface area (Å²) < 4.78 is 33.4. The standard InChI is InChI=1S/C16H27F2N3O10/c1-6(13(27)28)21-12(26)7(19)3-2-4-20-14(29)15(17,18)16(30)11(25)9(24)10(31-16)8(23)5-22/h6-11,22-25,30H,2-5,19H2,1H3,(H,20,29)(H,21,26)(H,27,28)/t6-,7-,8-,9?,10-,11?,16+/m0/s1. The molecule has 1 saturated heterocycles. The predicted octanol–water partition coefficient (Wildman–Crippen LogP) is -4.40. The number of hydrogen-bond acceptors (Lipinski definition) is 10. The summed E-state index contributed by atoms with van der Waals surface area (Å²) in [4.78, 5) is 34.2. The molecule has 2 unspecified atom stereocenters. The number of carboxylic acid groups (broad SMARTS) is 1. The minimum atomic E-state index is -4.78. The van der Waals surface area contributed by atoms with Crippen LogP contribution < -0.4 is 16.4 Å². The number of rotatable bonds is 11. The Balaban J connectivity index is 2.63. The van der Waals surface area contributed by atoms with Gasteiger partial charge in [-0.05, 0) is 19.8 Å². The van der Waals surface area contributed by atoms with Gasteiger partial charge in [0.05, 0.1) is 12.6 Å². The zero-order valence-corrected chi connectivity index (χ0v) is 16.4. The quantitative estimate of drug-likeness (QED) is 0.134. The number of carbonyl (C=O) groups is 3. The van der Waals surface area contributed by atoms with Gasteiger partial charge in [-0.15, -0.1) is 0 Å². The van der Waals surface area contributed by atoms with E-state index in [9.17, 15) is 43.6 Å². The van der Waals surface area contributed by atoms with Crippen molar-refractivity contribution < 1.29 is 58.5 Å². The third kappa shape index (κ3) is 5.82. The SMILES string of the molecule is C[C@H](NC(=O)[C@@H](N)CCCNC(=O)C(F)(F)[C@]1(O)O[C@@H]([C@@H](O)CO)C(O)C1O)C(=O)O. The number of aliphatic hydroxyl groups excluding tert-OH is 4. The number of aliphatic carboxylic acids is 1. The van der Waals surface area contributed by atoms with Gasteiger partial charge in [-0.2, -0.15) is 8.78 Å². The molecule has 180 valence electrons. The molecule has 0 radical (unpaired) electrons. The van der Waals surface area contributed by atoms with Crippen LogP contribution in [0.25, 0.3) is 0 Å². The third-order valence-electron chi connectivity index (χ3n) is 4.72. The molecule has 1 rings (SSSR count). The maximum atomic E-state index is 14.5. The van der Waals surface area contributed by atoms with Crippen molar-refractivity contribution in [2.45, 2.75) is 68.0 Å². The van der Waals surface area contributed by atoms with Crippen molar-refractivity contribution in [1.82, 2.24) is 10.6 Å². The van der Waals surface area contributed by atoms with Gasteiger partial charge in [0.2, 0.25) is 5.91 Å². The van der Waals surface area contributed by atoms with Gasteiger partial charge in [0.15, 0.2) is 0 Å². The lowest BCUT2D eigenvalue weighted by atomic mass is 9.97. The minimum Gasteiger partial charge on any atom is -0.480 e. The molecule has 0 aromatic heterocycles. The van der Waals surface area contributed by atoms with E-state index < -0.39 is 79.1 Å². The van der Waals surface area contributed by atoms with Crippen molar-refractivity contribution in [3.05, 3.63) is 0 Å². The van der Waals surface area contributed by atoms with Gasteiger partial charge in [0.1, 0.15) is 30.5 Å². The van der Waals surface area contributed by atoms with Crippen molar-refractivity contribution in [3.63, 3.8) is 0 Å². The first-order chi connectivity index (χ1) is 14.2. The summed E-state index contributed by atoms with van der Waals surface area (Å²) in [7, 11) is 0. The summed E-state index contributed by atoms with van der Waals surface area (Å²) >= 11 is 0. The van der Waals surface area contributed by atoms with Crippen LogP contribution in [0.15, 0.2) is 0 Å². The second-order valence-corrected chi connectivity index (χ2v) is 7.11. The fourth-order valence-corrected chi connectivity index (χ4v) is 2.74. The van der Waals surface area contributed by atoms with Crippen LogP contribution in [0.1, 0.15) is 19.8 Å². The molecule has 31 heavy (non-hydrogen) atoms. The van der Waals surface area contributed by atoms with Gasteiger partial charge in [-0.1, -0.05) is 0 Å². The Morgan fingerprint density at radius 3 is 2.39 bits per heavy atom. The van der Waals surface area contributed by atoms with E-state index in [0.717, 1.165) is 0 Å². The molecule has 0 aromatic carbocycles. The Labute approximate surface area is 174 Å². The Bertz CT molecular complexity index is 670. The Kier molecular flexibility index (Phi) is 9.19. The summed E-state index contributed by atoms with van der Waals surface area (Å²) in [5.74, 6) is -12.8. The lowest BCUT2D eigenvalue weighted by Crippen LogP contribution is -2.63. The van der Waals surface area contributed by atoms with E-state index in [-0.39, 0.29) is 12.8 Å². The van der Waals surface area contributed by atoms with E-state index in [1.54, 1.807) is 5.32 Å². The molecule has 0 saturated carbocycles. The number of ether oxygens (including phenoxy) is 1. The number of alkyl halides is 2. The van der Waals surface area contributed by atoms with Crippen LogP contribution in [0.5, 0.6) is 0 Å². The average Bonchev–Trinajstić information content (AvgIpc) is 2.95. The molecule has 15 heteroatoms. The number of aliphatic hydroxyl groups is 5. The number of carbonyl (C=O) groups excluding carboxylic acids is 2. The topological polar surface area (TPSA) is 232 Å². The number of nitrogens with two attached hydrogens (primary N) is 1. The van der Waals surface area contributed by atoms with Gasteiger partial charge in [-0.25, -0.2) is 0 Å². The van der Waals surface area contributed by atoms with Crippen molar-refractivity contribution in [2.24, 2.45) is 5.73 Å². The maximum absolute atomic E-state index is 14.5. The molecule has 0 aliphatic carbocycles. The molecule has 7 atom stereocenters. The fraction of sp³-hybridized carbons (Fsp3) is 0.812. The first-order valence-electron chi connectivity index (χ1n) is 9.20. The van der Waals surface area contributed by atoms with Crippen molar-refractivity contribution in [2.75, 3.05) is 13.2 Å². The highest BCUT2D eigenvalue weighted by molar-refractivity contribution is 5.86. The average molecular weight is 459 g/mol. The second kappa shape index (κ2) is 10.5. The molecular formula is C16H27F2N3O10. The lowest BCUT2D eigenvalue weighted by Gasteiger charge is -2.33. The van der Waals surface area contributed by atoms with E-state index in [2.05, 4.69) is 10.1 Å². The highest BCUT2D eigenvalue weighted by Crippen LogP contribution is 2.42. The molecule has 2 amide bonds. The predicted molar refractivity (Wildman–Crippen MR) is 95.3 cm³/mol. The first-order valence-corrected chi connectivity index (χ1v) is 9.20. The van der Waals surface area contributed by atoms with Gasteiger partial charge in [0.25, 0.3) is 11.7 Å². The van der Waals surface area contributed by atoms with Crippen LogP contribution in [-0.4, -0.2) is 110 Å². The zero-order chi connectivity index (χ0) is 24.1. The van der Waals surface area contributed by atoms with Crippen molar-refractivity contribution in [3.8, 4) is 0 Å². The van der Waals surface area contributed by atoms with Crippen molar-refractivity contribution in [1.29, 1.82) is 0 Å². The third-order valence-corrected chi connectivity index (χ3v) is 4.72. The maximum Gasteiger partial charge on any atom is 0.379 e. The number of hydrogen-bond donors (Lipinski definition) is 9. The first kappa shape index (κ1) is 27.0. The van der Waals surface area contributed by atoms with Crippen LogP contribution >= 0.6 is 0 Å². The van der Waals surface area contributed by atoms with E-state index in [1.807, 2.05) is 0 Å². The Morgan fingerprint density at radius 2 is 1.87 bits per heavy atom. The van der Waals surface area contributed by atoms with Crippen LogP contribution in [0.2, 0.25) is 0 Å². The summed E-state index contributed by atoms with van der Waals surface area (Å²) in [6, 6.07) is -2.38. The van der Waals surface area contributed by atoms with Gasteiger partial charge in [-0.3, -0.25) is 14.4 Å². The number of nitrogens with one attached hydrogen (secondary N) is 2. The zero-order valence-electron chi connectivity index (χ0n) is 16.4. The smallest absolute Gasteiger partial charge is 0.379 e. The fourth-order valence-electron chi connectivity index (χ4n) is 2.74. The molecule has 0 aromatic rings. The van der Waals surface area contributed by atoms with E-state index in [0.29, 0.717) is 0 Å². The Morgan fingerprint density at radius 1 is 1.29 bits per heavy atom. The molecule has 0 bridgehead atoms. The molecule has 1 fully saturated rings.